The van der Waals surface area contributed by atoms with E-state index in [1.165, 1.54) is 4.68 Å². The Hall–Kier alpha value is -2.97. The minimum Gasteiger partial charge on any atom is -0.367 e. The Kier molecular flexibility index (Phi) is 5.23. The Morgan fingerprint density at radius 3 is 2.70 bits per heavy atom. The molecule has 0 bridgehead atoms. The molecule has 2 aromatic rings. The number of nitrogens with zero attached hydrogens (tertiary/aromatic N) is 4. The van der Waals surface area contributed by atoms with Gasteiger partial charge in [-0.1, -0.05) is 22.8 Å². The Morgan fingerprint density at radius 2 is 2.04 bits per heavy atom. The van der Waals surface area contributed by atoms with Crippen LogP contribution in [0.2, 0.25) is 0 Å². The van der Waals surface area contributed by atoms with Gasteiger partial charge in [-0.3, -0.25) is 9.59 Å². The molecule has 0 unspecified atom stereocenters. The largest absolute Gasteiger partial charge is 0.367 e. The summed E-state index contributed by atoms with van der Waals surface area (Å²) in [5.41, 5.74) is 8.36. The lowest BCUT2D eigenvalue weighted by molar-refractivity contribution is -0.122. The first-order valence-electron chi connectivity index (χ1n) is 7.11. The van der Waals surface area contributed by atoms with Crippen LogP contribution in [0.15, 0.2) is 18.2 Å². The van der Waals surface area contributed by atoms with Gasteiger partial charge in [0.25, 0.3) is 0 Å². The average Bonchev–Trinajstić information content (AvgIpc) is 2.87. The first-order valence-corrected chi connectivity index (χ1v) is 7.11. The monoisotopic (exact) mass is 317 g/mol. The van der Waals surface area contributed by atoms with Crippen LogP contribution in [-0.4, -0.2) is 38.6 Å². The van der Waals surface area contributed by atoms with E-state index in [2.05, 4.69) is 26.2 Å². The highest BCUT2D eigenvalue weighted by Crippen LogP contribution is 2.15. The zero-order valence-electron chi connectivity index (χ0n) is 13.0. The van der Waals surface area contributed by atoms with Crippen molar-refractivity contribution in [3.63, 3.8) is 0 Å². The van der Waals surface area contributed by atoms with Crippen molar-refractivity contribution in [3.8, 4) is 0 Å². The number of amides is 2. The quantitative estimate of drug-likeness (QED) is 0.689. The maximum Gasteiger partial charge on any atom is 0.241 e. The lowest BCUT2D eigenvalue weighted by Gasteiger charge is -2.09. The summed E-state index contributed by atoms with van der Waals surface area (Å²) in [6, 6.07) is 5.79. The van der Waals surface area contributed by atoms with Crippen LogP contribution >= 0.6 is 0 Å². The number of benzene rings is 1. The average molecular weight is 317 g/mol. The van der Waals surface area contributed by atoms with E-state index in [9.17, 15) is 9.59 Å². The lowest BCUT2D eigenvalue weighted by Crippen LogP contribution is -2.31. The van der Waals surface area contributed by atoms with Crippen LogP contribution in [0.25, 0.3) is 0 Å². The van der Waals surface area contributed by atoms with Gasteiger partial charge in [0.05, 0.1) is 0 Å². The smallest absolute Gasteiger partial charge is 0.241 e. The molecule has 0 aliphatic rings. The molecule has 1 aromatic carbocycles. The van der Waals surface area contributed by atoms with Crippen molar-refractivity contribution in [1.82, 2.24) is 25.5 Å². The minimum absolute atomic E-state index is 0.0627. The molecule has 2 amide bonds. The van der Waals surface area contributed by atoms with Gasteiger partial charge in [0.15, 0.2) is 0 Å². The number of hydrogen-bond donors (Lipinski definition) is 3. The number of hydrogen-bond acceptors (Lipinski definition) is 6. The summed E-state index contributed by atoms with van der Waals surface area (Å²) >= 11 is 0. The van der Waals surface area contributed by atoms with Crippen LogP contribution in [0.3, 0.4) is 0 Å². The summed E-state index contributed by atoms with van der Waals surface area (Å²) in [7, 11) is 0. The number of anilines is 2. The first kappa shape index (κ1) is 16.4. The van der Waals surface area contributed by atoms with E-state index in [1.807, 2.05) is 32.0 Å². The van der Waals surface area contributed by atoms with E-state index in [1.54, 1.807) is 0 Å². The molecular weight excluding hydrogens is 298 g/mol. The molecular formula is C14H19N7O2. The molecule has 0 saturated carbocycles. The third-order valence-electron chi connectivity index (χ3n) is 3.18. The van der Waals surface area contributed by atoms with E-state index < -0.39 is 0 Å². The van der Waals surface area contributed by atoms with Gasteiger partial charge >= 0.3 is 0 Å². The SMILES string of the molecule is Cc1ccc(NC(=O)CCNC(=O)Cn2nnnc2N)c(C)c1. The third-order valence-corrected chi connectivity index (χ3v) is 3.18. The topological polar surface area (TPSA) is 128 Å². The number of tetrazole rings is 1. The second kappa shape index (κ2) is 7.34. The van der Waals surface area contributed by atoms with Crippen LogP contribution in [0.4, 0.5) is 11.6 Å². The fourth-order valence-corrected chi connectivity index (χ4v) is 2.00. The van der Waals surface area contributed by atoms with Crippen molar-refractivity contribution in [3.05, 3.63) is 29.3 Å². The van der Waals surface area contributed by atoms with Gasteiger partial charge in [0.1, 0.15) is 6.54 Å². The molecule has 9 nitrogen and oxygen atoms in total. The molecule has 0 aliphatic heterocycles. The molecule has 0 aliphatic carbocycles. The van der Waals surface area contributed by atoms with E-state index in [0.29, 0.717) is 0 Å². The second-order valence-electron chi connectivity index (χ2n) is 5.16. The highest BCUT2D eigenvalue weighted by Gasteiger charge is 2.09. The second-order valence-corrected chi connectivity index (χ2v) is 5.16. The normalized spacial score (nSPS) is 10.3. The summed E-state index contributed by atoms with van der Waals surface area (Å²) in [5.74, 6) is -0.421. The van der Waals surface area contributed by atoms with Crippen LogP contribution in [0, 0.1) is 13.8 Å². The van der Waals surface area contributed by atoms with Crippen LogP contribution in [-0.2, 0) is 16.1 Å². The zero-order valence-corrected chi connectivity index (χ0v) is 13.0. The predicted molar refractivity (Wildman–Crippen MR) is 84.4 cm³/mol. The molecule has 0 fully saturated rings. The number of nitrogens with two attached hydrogens (primary N) is 1. The van der Waals surface area contributed by atoms with Crippen LogP contribution in [0.1, 0.15) is 17.5 Å². The standard InChI is InChI=1S/C14H19N7O2/c1-9-3-4-11(10(2)7-9)17-12(22)5-6-16-13(23)8-21-14(15)18-19-20-21/h3-4,7H,5-6,8H2,1-2H3,(H,16,23)(H,17,22)(H2,15,18,20). The maximum atomic E-state index is 11.9. The van der Waals surface area contributed by atoms with Gasteiger partial charge in [0.2, 0.25) is 17.8 Å². The zero-order chi connectivity index (χ0) is 16.8. The molecule has 23 heavy (non-hydrogen) atoms. The van der Waals surface area contributed by atoms with Crippen molar-refractivity contribution < 1.29 is 9.59 Å². The number of rotatable bonds is 6. The molecule has 0 spiro atoms. The fraction of sp³-hybridized carbons (Fsp3) is 0.357. The van der Waals surface area contributed by atoms with Crippen molar-refractivity contribution in [2.75, 3.05) is 17.6 Å². The predicted octanol–water partition coefficient (Wildman–Crippen LogP) is 0.0171. The van der Waals surface area contributed by atoms with Crippen molar-refractivity contribution in [2.24, 2.45) is 0 Å². The first-order chi connectivity index (χ1) is 11.0. The summed E-state index contributed by atoms with van der Waals surface area (Å²) in [6.07, 6.45) is 0.171. The van der Waals surface area contributed by atoms with E-state index >= 15 is 0 Å². The van der Waals surface area contributed by atoms with Crippen LogP contribution in [0.5, 0.6) is 0 Å². The molecule has 4 N–H and O–H groups in total. The molecule has 122 valence electrons. The number of nitrogens with one attached hydrogen (secondary N) is 2. The summed E-state index contributed by atoms with van der Waals surface area (Å²) in [5, 5.41) is 15.8. The minimum atomic E-state index is -0.316. The summed E-state index contributed by atoms with van der Waals surface area (Å²) < 4.78 is 1.17. The molecule has 2 rings (SSSR count). The van der Waals surface area contributed by atoms with E-state index in [-0.39, 0.29) is 37.3 Å². The number of aromatic nitrogens is 4. The van der Waals surface area contributed by atoms with Gasteiger partial charge in [-0.2, -0.15) is 0 Å². The molecule has 1 aromatic heterocycles. The number of aryl methyl sites for hydroxylation is 2. The summed E-state index contributed by atoms with van der Waals surface area (Å²) in [4.78, 5) is 23.6. The van der Waals surface area contributed by atoms with Gasteiger partial charge in [-0.05, 0) is 35.9 Å². The third kappa shape index (κ3) is 4.77. The summed E-state index contributed by atoms with van der Waals surface area (Å²) in [6.45, 7) is 4.06. The Morgan fingerprint density at radius 1 is 1.26 bits per heavy atom. The van der Waals surface area contributed by atoms with Crippen molar-refractivity contribution >= 4 is 23.5 Å². The van der Waals surface area contributed by atoms with Gasteiger partial charge < -0.3 is 16.4 Å². The molecule has 0 atom stereocenters. The number of carbonyl (C=O) groups excluding carboxylic acids is 2. The lowest BCUT2D eigenvalue weighted by atomic mass is 10.1. The van der Waals surface area contributed by atoms with E-state index in [0.717, 1.165) is 16.8 Å². The molecule has 0 radical (unpaired) electrons. The van der Waals surface area contributed by atoms with Crippen molar-refractivity contribution in [2.45, 2.75) is 26.8 Å². The van der Waals surface area contributed by atoms with Crippen molar-refractivity contribution in [1.29, 1.82) is 0 Å². The van der Waals surface area contributed by atoms with E-state index in [4.69, 9.17) is 5.73 Å². The Bertz CT molecular complexity index is 711. The van der Waals surface area contributed by atoms with Gasteiger partial charge in [-0.25, -0.2) is 4.68 Å². The van der Waals surface area contributed by atoms with Gasteiger partial charge in [-0.15, -0.1) is 0 Å². The number of nitrogen functional groups attached to an aromatic ring is 1. The molecule has 0 saturated heterocycles. The highest BCUT2D eigenvalue weighted by atomic mass is 16.2. The number of carbonyl (C=O) groups is 2. The molecule has 1 heterocycles. The molecule has 9 heteroatoms. The maximum absolute atomic E-state index is 11.9. The Labute approximate surface area is 133 Å². The fourth-order valence-electron chi connectivity index (χ4n) is 2.00. The highest BCUT2D eigenvalue weighted by molar-refractivity contribution is 5.91. The Balaban J connectivity index is 1.74. The van der Waals surface area contributed by atoms with Crippen LogP contribution < -0.4 is 16.4 Å². The van der Waals surface area contributed by atoms with Gasteiger partial charge in [0, 0.05) is 18.7 Å².